The Balaban J connectivity index is 1.96. The summed E-state index contributed by atoms with van der Waals surface area (Å²) in [6.45, 7) is 7.91. The molecule has 0 amide bonds. The Hall–Kier alpha value is -2.84. The predicted octanol–water partition coefficient (Wildman–Crippen LogP) is 3.48. The van der Waals surface area contributed by atoms with Gasteiger partial charge in [-0.25, -0.2) is 9.79 Å². The summed E-state index contributed by atoms with van der Waals surface area (Å²) in [5, 5.41) is 0. The van der Waals surface area contributed by atoms with Crippen molar-refractivity contribution in [3.8, 4) is 0 Å². The van der Waals surface area contributed by atoms with Gasteiger partial charge in [0.15, 0.2) is 4.80 Å². The van der Waals surface area contributed by atoms with Gasteiger partial charge in [0.25, 0.3) is 5.56 Å². The van der Waals surface area contributed by atoms with E-state index in [0.717, 1.165) is 27.4 Å². The minimum absolute atomic E-state index is 0.159. The fourth-order valence-electron chi connectivity index (χ4n) is 4.06. The smallest absolute Gasteiger partial charge is 0.338 e. The monoisotopic (exact) mass is 481 g/mol. The summed E-state index contributed by atoms with van der Waals surface area (Å²) < 4.78 is 9.68. The van der Waals surface area contributed by atoms with Gasteiger partial charge in [-0.1, -0.05) is 23.5 Å². The van der Waals surface area contributed by atoms with Crippen LogP contribution in [0.3, 0.4) is 0 Å². The van der Waals surface area contributed by atoms with Crippen LogP contribution in [0, 0.1) is 13.8 Å². The van der Waals surface area contributed by atoms with Crippen molar-refractivity contribution in [2.45, 2.75) is 38.6 Å². The molecule has 4 rings (SSSR count). The molecule has 1 atom stereocenters. The van der Waals surface area contributed by atoms with Crippen molar-refractivity contribution in [2.24, 2.45) is 12.0 Å². The van der Waals surface area contributed by atoms with E-state index in [2.05, 4.69) is 15.6 Å². The van der Waals surface area contributed by atoms with E-state index in [-0.39, 0.29) is 12.2 Å². The fourth-order valence-corrected chi connectivity index (χ4v) is 5.51. The molecule has 0 fully saturated rings. The Kier molecular flexibility index (Phi) is 6.50. The summed E-state index contributed by atoms with van der Waals surface area (Å²) in [4.78, 5) is 32.9. The van der Waals surface area contributed by atoms with E-state index in [1.54, 1.807) is 30.2 Å². The minimum Gasteiger partial charge on any atom is -0.463 e. The Morgan fingerprint density at radius 1 is 1.24 bits per heavy atom. The highest BCUT2D eigenvalue weighted by atomic mass is 32.2. The third-order valence-corrected chi connectivity index (χ3v) is 7.78. The molecule has 2 aromatic heterocycles. The number of esters is 1. The minimum atomic E-state index is -0.586. The van der Waals surface area contributed by atoms with Crippen molar-refractivity contribution in [2.75, 3.05) is 12.9 Å². The molecule has 0 saturated carbocycles. The molecule has 1 aromatic carbocycles. The number of benzene rings is 1. The first-order chi connectivity index (χ1) is 15.8. The highest BCUT2D eigenvalue weighted by Crippen LogP contribution is 2.31. The number of allylic oxidation sites excluding steroid dienone is 1. The van der Waals surface area contributed by atoms with Crippen LogP contribution in [0.15, 0.2) is 56.3 Å². The highest BCUT2D eigenvalue weighted by molar-refractivity contribution is 7.98. The maximum Gasteiger partial charge on any atom is 0.338 e. The summed E-state index contributed by atoms with van der Waals surface area (Å²) in [5.41, 5.74) is 4.89. The molecule has 1 aliphatic rings. The molecule has 6 nitrogen and oxygen atoms in total. The van der Waals surface area contributed by atoms with E-state index in [4.69, 9.17) is 4.74 Å². The van der Waals surface area contributed by atoms with Crippen molar-refractivity contribution in [1.29, 1.82) is 0 Å². The second-order valence-corrected chi connectivity index (χ2v) is 9.85. The van der Waals surface area contributed by atoms with E-state index >= 15 is 0 Å². The van der Waals surface area contributed by atoms with Gasteiger partial charge in [0.1, 0.15) is 0 Å². The van der Waals surface area contributed by atoms with Crippen LogP contribution < -0.4 is 14.9 Å². The van der Waals surface area contributed by atoms with Crippen molar-refractivity contribution in [3.63, 3.8) is 0 Å². The third kappa shape index (κ3) is 4.13. The summed E-state index contributed by atoms with van der Waals surface area (Å²) in [5.74, 6) is -0.443. The van der Waals surface area contributed by atoms with Gasteiger partial charge in [-0.15, -0.1) is 11.8 Å². The van der Waals surface area contributed by atoms with E-state index < -0.39 is 12.0 Å². The number of fused-ring (bicyclic) bond motifs is 1. The van der Waals surface area contributed by atoms with Gasteiger partial charge in [-0.05, 0) is 69.4 Å². The van der Waals surface area contributed by atoms with Gasteiger partial charge in [0.05, 0.1) is 28.5 Å². The molecular weight excluding hydrogens is 454 g/mol. The number of aryl methyl sites for hydroxylation is 1. The topological polar surface area (TPSA) is 65.6 Å². The lowest BCUT2D eigenvalue weighted by Crippen LogP contribution is -2.39. The molecule has 0 unspecified atom stereocenters. The fraction of sp³-hybridized carbons (Fsp3) is 0.320. The van der Waals surface area contributed by atoms with Crippen LogP contribution in [0.1, 0.15) is 42.4 Å². The van der Waals surface area contributed by atoms with Gasteiger partial charge < -0.3 is 9.30 Å². The molecule has 1 aliphatic heterocycles. The first kappa shape index (κ1) is 23.3. The van der Waals surface area contributed by atoms with Crippen LogP contribution in [-0.4, -0.2) is 28.0 Å². The summed E-state index contributed by atoms with van der Waals surface area (Å²) in [7, 11) is 2.01. The normalized spacial score (nSPS) is 16.1. The number of carbonyl (C=O) groups is 1. The Bertz CT molecular complexity index is 1440. The number of ether oxygens (including phenoxy) is 1. The number of hydrogen-bond acceptors (Lipinski definition) is 6. The number of thiazole rings is 1. The van der Waals surface area contributed by atoms with Crippen molar-refractivity contribution >= 4 is 35.1 Å². The van der Waals surface area contributed by atoms with Crippen molar-refractivity contribution < 1.29 is 9.53 Å². The molecule has 0 bridgehead atoms. The summed E-state index contributed by atoms with van der Waals surface area (Å²) in [6.07, 6.45) is 3.93. The molecule has 3 aromatic rings. The second-order valence-electron chi connectivity index (χ2n) is 7.96. The largest absolute Gasteiger partial charge is 0.463 e. The number of nitrogens with zero attached hydrogens (tertiary/aromatic N) is 3. The molecule has 33 heavy (non-hydrogen) atoms. The lowest BCUT2D eigenvalue weighted by molar-refractivity contribution is -0.139. The molecule has 172 valence electrons. The van der Waals surface area contributed by atoms with E-state index in [1.165, 1.54) is 11.3 Å². The zero-order valence-corrected chi connectivity index (χ0v) is 21.3. The number of carbonyl (C=O) groups excluding carboxylic acids is 1. The van der Waals surface area contributed by atoms with Crippen LogP contribution in [0.4, 0.5) is 0 Å². The Labute approximate surface area is 200 Å². The Morgan fingerprint density at radius 3 is 2.52 bits per heavy atom. The second kappa shape index (κ2) is 9.19. The zero-order valence-electron chi connectivity index (χ0n) is 19.6. The standard InChI is InChI=1S/C25H27N3O3S2/c1-7-31-24(30)21-15(3)26-25-28(22(21)17-8-10-19(32-6)11-9-17)23(29)20(33-25)13-18-12-14(2)27(5)16(18)4/h8-13,22H,7H2,1-6H3/b20-13+/t22-/m0/s1. The number of aromatic nitrogens is 2. The molecule has 0 radical (unpaired) electrons. The van der Waals surface area contributed by atoms with Gasteiger partial charge in [-0.3, -0.25) is 9.36 Å². The quantitative estimate of drug-likeness (QED) is 0.413. The molecule has 8 heteroatoms. The molecular formula is C25H27N3O3S2. The maximum absolute atomic E-state index is 13.7. The molecule has 0 spiro atoms. The number of hydrogen-bond donors (Lipinski definition) is 0. The van der Waals surface area contributed by atoms with Crippen LogP contribution in [0.5, 0.6) is 0 Å². The van der Waals surface area contributed by atoms with Gasteiger partial charge >= 0.3 is 5.97 Å². The average Bonchev–Trinajstić information content (AvgIpc) is 3.23. The summed E-state index contributed by atoms with van der Waals surface area (Å²) >= 11 is 2.99. The zero-order chi connectivity index (χ0) is 23.9. The summed E-state index contributed by atoms with van der Waals surface area (Å²) in [6, 6.07) is 9.43. The SMILES string of the molecule is CCOC(=O)C1=C(C)N=c2s/c(=C/c3cc(C)n(C)c3C)c(=O)n2[C@H]1c1ccc(SC)cc1. The number of rotatable bonds is 5. The molecule has 0 saturated heterocycles. The lowest BCUT2D eigenvalue weighted by Gasteiger charge is -2.24. The van der Waals surface area contributed by atoms with Crippen LogP contribution in [0.2, 0.25) is 0 Å². The van der Waals surface area contributed by atoms with Crippen molar-refractivity contribution in [1.82, 2.24) is 9.13 Å². The van der Waals surface area contributed by atoms with Gasteiger partial charge in [-0.2, -0.15) is 0 Å². The maximum atomic E-state index is 13.7. The predicted molar refractivity (Wildman–Crippen MR) is 134 cm³/mol. The van der Waals surface area contributed by atoms with Gasteiger partial charge in [0, 0.05) is 23.3 Å². The first-order valence-corrected chi connectivity index (χ1v) is 12.8. The molecule has 0 aliphatic carbocycles. The molecule has 0 N–H and O–H groups in total. The van der Waals surface area contributed by atoms with E-state index in [1.807, 2.05) is 57.5 Å². The Morgan fingerprint density at radius 2 is 1.94 bits per heavy atom. The van der Waals surface area contributed by atoms with E-state index in [0.29, 0.717) is 20.6 Å². The van der Waals surface area contributed by atoms with Crippen LogP contribution in [0.25, 0.3) is 6.08 Å². The highest BCUT2D eigenvalue weighted by Gasteiger charge is 2.33. The van der Waals surface area contributed by atoms with Gasteiger partial charge in [0.2, 0.25) is 0 Å². The van der Waals surface area contributed by atoms with E-state index in [9.17, 15) is 9.59 Å². The van der Waals surface area contributed by atoms with Crippen LogP contribution >= 0.6 is 23.1 Å². The average molecular weight is 482 g/mol. The third-order valence-electron chi connectivity index (χ3n) is 6.05. The first-order valence-electron chi connectivity index (χ1n) is 10.7. The number of thioether (sulfide) groups is 1. The van der Waals surface area contributed by atoms with Crippen LogP contribution in [-0.2, 0) is 16.6 Å². The van der Waals surface area contributed by atoms with Crippen molar-refractivity contribution in [3.05, 3.63) is 83.8 Å². The lowest BCUT2D eigenvalue weighted by atomic mass is 9.96. The molecule has 3 heterocycles.